The molecule has 0 saturated carbocycles. The maximum absolute atomic E-state index is 13.5. The van der Waals surface area contributed by atoms with Gasteiger partial charge in [0.15, 0.2) is 6.46 Å². The molecule has 1 aromatic rings. The van der Waals surface area contributed by atoms with Crippen LogP contribution in [0.15, 0.2) is 18.2 Å². The zero-order valence-corrected chi connectivity index (χ0v) is 15.0. The van der Waals surface area contributed by atoms with Crippen LogP contribution in [0.2, 0.25) is 0 Å². The van der Waals surface area contributed by atoms with Gasteiger partial charge >= 0.3 is 5.52 Å². The first-order valence-electron chi connectivity index (χ1n) is 8.00. The number of benzene rings is 1. The van der Waals surface area contributed by atoms with E-state index >= 15 is 0 Å². The Morgan fingerprint density at radius 2 is 1.50 bits per heavy atom. The van der Waals surface area contributed by atoms with Crippen LogP contribution < -0.4 is 9.47 Å². The molecule has 0 atom stereocenters. The molecule has 5 heteroatoms. The van der Waals surface area contributed by atoms with Crippen LogP contribution in [0.5, 0.6) is 11.5 Å². The summed E-state index contributed by atoms with van der Waals surface area (Å²) in [4.78, 5) is 13.5. The van der Waals surface area contributed by atoms with Gasteiger partial charge in [-0.1, -0.05) is 6.07 Å². The highest BCUT2D eigenvalue weighted by Crippen LogP contribution is 2.80. The maximum Gasteiger partial charge on any atom is 0.317 e. The van der Waals surface area contributed by atoms with E-state index in [2.05, 4.69) is 0 Å². The first-order valence-corrected chi connectivity index (χ1v) is 11.1. The topological polar surface area (TPSA) is 35.5 Å². The number of fused-ring (bicyclic) bond motifs is 2. The highest BCUT2D eigenvalue weighted by molar-refractivity contribution is 8.59. The standard InChI is InChI=1S/C17H24O3PS/c1-19-14-10-5-11-15(20-2)16(14)17(18)21(22)12-6-3-7-13(21)9-4-8-12/h5,10-13,22H,3-4,6-9H2,1-2H3/q+1. The van der Waals surface area contributed by atoms with E-state index in [1.165, 1.54) is 12.8 Å². The molecule has 0 unspecified atom stereocenters. The van der Waals surface area contributed by atoms with Crippen molar-refractivity contribution in [1.82, 2.24) is 0 Å². The third kappa shape index (κ3) is 2.45. The minimum atomic E-state index is -1.98. The van der Waals surface area contributed by atoms with E-state index in [1.54, 1.807) is 14.2 Å². The predicted molar refractivity (Wildman–Crippen MR) is 95.1 cm³/mol. The van der Waals surface area contributed by atoms with Crippen molar-refractivity contribution in [2.45, 2.75) is 49.8 Å². The normalized spacial score (nSPS) is 30.7. The Labute approximate surface area is 138 Å². The van der Waals surface area contributed by atoms with E-state index in [4.69, 9.17) is 21.7 Å². The molecule has 0 N–H and O–H groups in total. The molecule has 3 rings (SSSR count). The van der Waals surface area contributed by atoms with Gasteiger partial charge in [0, 0.05) is 12.2 Å². The van der Waals surface area contributed by atoms with Crippen molar-refractivity contribution in [3.8, 4) is 11.5 Å². The first-order chi connectivity index (χ1) is 10.6. The number of carbonyl (C=O) groups is 1. The number of hydrogen-bond donors (Lipinski definition) is 1. The second-order valence-corrected chi connectivity index (χ2v) is 11.6. The zero-order chi connectivity index (χ0) is 15.7. The van der Waals surface area contributed by atoms with Crippen LogP contribution in [-0.2, 0) is 0 Å². The first kappa shape index (κ1) is 16.1. The van der Waals surface area contributed by atoms with Gasteiger partial charge in [-0.05, 0) is 50.7 Å². The number of methoxy groups -OCH3 is 2. The van der Waals surface area contributed by atoms with Gasteiger partial charge in [-0.15, -0.1) is 0 Å². The number of ether oxygens (including phenoxy) is 2. The highest BCUT2D eigenvalue weighted by Gasteiger charge is 2.61. The van der Waals surface area contributed by atoms with Crippen molar-refractivity contribution < 1.29 is 14.3 Å². The molecule has 1 aromatic carbocycles. The smallest absolute Gasteiger partial charge is 0.317 e. The number of thiol groups is 1. The molecule has 2 bridgehead atoms. The summed E-state index contributed by atoms with van der Waals surface area (Å²) >= 11 is 5.10. The van der Waals surface area contributed by atoms with E-state index in [0.717, 1.165) is 25.7 Å². The van der Waals surface area contributed by atoms with Crippen LogP contribution in [0.1, 0.15) is 48.9 Å². The molecule has 2 fully saturated rings. The summed E-state index contributed by atoms with van der Waals surface area (Å²) in [6.07, 6.45) is 7.09. The van der Waals surface area contributed by atoms with Crippen LogP contribution in [-0.4, -0.2) is 31.1 Å². The van der Waals surface area contributed by atoms with E-state index in [-0.39, 0.29) is 5.52 Å². The molecule has 2 saturated heterocycles. The van der Waals surface area contributed by atoms with Crippen LogP contribution in [0.4, 0.5) is 0 Å². The summed E-state index contributed by atoms with van der Waals surface area (Å²) in [5, 5.41) is 0. The lowest BCUT2D eigenvalue weighted by Crippen LogP contribution is -2.34. The average Bonchev–Trinajstić information content (AvgIpc) is 2.52. The van der Waals surface area contributed by atoms with Gasteiger partial charge in [-0.3, -0.25) is 0 Å². The molecule has 22 heavy (non-hydrogen) atoms. The molecule has 0 aromatic heterocycles. The Hall–Kier alpha value is -0.730. The average molecular weight is 339 g/mol. The molecule has 0 amide bonds. The molecule has 3 nitrogen and oxygen atoms in total. The van der Waals surface area contributed by atoms with Crippen molar-refractivity contribution >= 4 is 24.2 Å². The second kappa shape index (κ2) is 6.41. The maximum atomic E-state index is 13.5. The minimum Gasteiger partial charge on any atom is -0.496 e. The van der Waals surface area contributed by atoms with Gasteiger partial charge < -0.3 is 9.47 Å². The Balaban J connectivity index is 2.07. The molecule has 2 aliphatic heterocycles. The zero-order valence-electron chi connectivity index (χ0n) is 13.2. The fourth-order valence-corrected chi connectivity index (χ4v) is 9.95. The van der Waals surface area contributed by atoms with Crippen molar-refractivity contribution in [2.75, 3.05) is 14.2 Å². The van der Waals surface area contributed by atoms with Crippen LogP contribution in [0, 0.1) is 0 Å². The van der Waals surface area contributed by atoms with Gasteiger partial charge in [0.1, 0.15) is 17.1 Å². The predicted octanol–water partition coefficient (Wildman–Crippen LogP) is 4.81. The van der Waals surface area contributed by atoms with E-state index < -0.39 is 6.46 Å². The van der Waals surface area contributed by atoms with E-state index in [9.17, 15) is 4.79 Å². The van der Waals surface area contributed by atoms with Crippen molar-refractivity contribution in [3.63, 3.8) is 0 Å². The van der Waals surface area contributed by atoms with Gasteiger partial charge in [-0.2, -0.15) is 0 Å². The second-order valence-electron chi connectivity index (χ2n) is 6.25. The third-order valence-electron chi connectivity index (χ3n) is 5.23. The van der Waals surface area contributed by atoms with Crippen molar-refractivity contribution in [1.29, 1.82) is 0 Å². The number of hydrogen-bond acceptors (Lipinski definition) is 4. The molecule has 0 radical (unpaired) electrons. The quantitative estimate of drug-likeness (QED) is 0.631. The third-order valence-corrected chi connectivity index (χ3v) is 11.9. The summed E-state index contributed by atoms with van der Waals surface area (Å²) < 4.78 is 10.9. The largest absolute Gasteiger partial charge is 0.496 e. The molecule has 120 valence electrons. The molecular formula is C17H24O3PS+. The van der Waals surface area contributed by atoms with Crippen molar-refractivity contribution in [2.24, 2.45) is 0 Å². The summed E-state index contributed by atoms with van der Waals surface area (Å²) in [5.41, 5.74) is 1.75. The minimum absolute atomic E-state index is 0.194. The molecule has 2 heterocycles. The van der Waals surface area contributed by atoms with Gasteiger partial charge in [0.05, 0.1) is 25.5 Å². The fraction of sp³-hybridized carbons (Fsp3) is 0.588. The van der Waals surface area contributed by atoms with Crippen LogP contribution in [0.25, 0.3) is 0 Å². The monoisotopic (exact) mass is 339 g/mol. The fourth-order valence-electron chi connectivity index (χ4n) is 4.13. The lowest BCUT2D eigenvalue weighted by molar-refractivity contribution is 0.107. The van der Waals surface area contributed by atoms with E-state index in [0.29, 0.717) is 28.4 Å². The Morgan fingerprint density at radius 1 is 1.05 bits per heavy atom. The van der Waals surface area contributed by atoms with Gasteiger partial charge in [0.25, 0.3) is 0 Å². The molecular weight excluding hydrogens is 315 g/mol. The van der Waals surface area contributed by atoms with Crippen LogP contribution >= 0.6 is 18.7 Å². The molecule has 0 spiro atoms. The summed E-state index contributed by atoms with van der Waals surface area (Å²) in [5.74, 6) is 1.22. The van der Waals surface area contributed by atoms with Crippen LogP contribution in [0.3, 0.4) is 0 Å². The van der Waals surface area contributed by atoms with Gasteiger partial charge in [0.2, 0.25) is 0 Å². The number of rotatable bonds is 4. The Morgan fingerprint density at radius 3 is 1.91 bits per heavy atom. The van der Waals surface area contributed by atoms with Gasteiger partial charge in [-0.25, -0.2) is 4.79 Å². The molecule has 0 aliphatic carbocycles. The Kier molecular flexibility index (Phi) is 4.70. The number of carbonyl (C=O) groups excluding carboxylic acids is 1. The lowest BCUT2D eigenvalue weighted by atomic mass is 9.99. The lowest BCUT2D eigenvalue weighted by Gasteiger charge is -2.42. The summed E-state index contributed by atoms with van der Waals surface area (Å²) in [6, 6.07) is 5.55. The Bertz CT molecular complexity index is 531. The SMILES string of the molecule is COc1cccc(OC)c1C(=O)[P+]1(S)C2CCCC1CCC2. The van der Waals surface area contributed by atoms with Crippen molar-refractivity contribution in [3.05, 3.63) is 23.8 Å². The van der Waals surface area contributed by atoms with E-state index in [1.807, 2.05) is 18.2 Å². The summed E-state index contributed by atoms with van der Waals surface area (Å²) in [7, 11) is 3.22. The summed E-state index contributed by atoms with van der Waals surface area (Å²) in [6.45, 7) is -1.98. The highest BCUT2D eigenvalue weighted by atomic mass is 32.7. The molecule has 2 aliphatic rings.